The van der Waals surface area contributed by atoms with Crippen LogP contribution in [0.5, 0.6) is 11.5 Å². The Morgan fingerprint density at radius 2 is 1.93 bits per heavy atom. The molecule has 1 N–H and O–H groups in total. The predicted molar refractivity (Wildman–Crippen MR) is 103 cm³/mol. The molecule has 2 aromatic rings. The van der Waals surface area contributed by atoms with E-state index in [4.69, 9.17) is 4.74 Å². The Hall–Kier alpha value is -3.02. The van der Waals surface area contributed by atoms with E-state index in [1.54, 1.807) is 35.0 Å². The smallest absolute Gasteiger partial charge is 0.228 e. The summed E-state index contributed by atoms with van der Waals surface area (Å²) >= 11 is 0. The van der Waals surface area contributed by atoms with Crippen LogP contribution >= 0.6 is 0 Å². The Morgan fingerprint density at radius 3 is 2.59 bits per heavy atom. The van der Waals surface area contributed by atoms with Gasteiger partial charge in [-0.05, 0) is 37.3 Å². The summed E-state index contributed by atoms with van der Waals surface area (Å²) in [7, 11) is 1.69. The maximum Gasteiger partial charge on any atom is 0.228 e. The summed E-state index contributed by atoms with van der Waals surface area (Å²) in [6, 6.07) is 14.3. The molecule has 0 unspecified atom stereocenters. The zero-order valence-electron chi connectivity index (χ0n) is 15.6. The van der Waals surface area contributed by atoms with Crippen LogP contribution in [0.25, 0.3) is 0 Å². The molecule has 2 aromatic carbocycles. The Bertz CT molecular complexity index is 819. The van der Waals surface area contributed by atoms with Crippen molar-refractivity contribution in [2.24, 2.45) is 5.92 Å². The molecule has 142 valence electrons. The van der Waals surface area contributed by atoms with Crippen molar-refractivity contribution in [1.82, 2.24) is 4.90 Å². The fourth-order valence-corrected chi connectivity index (χ4v) is 3.30. The molecule has 1 aliphatic rings. The van der Waals surface area contributed by atoms with Crippen molar-refractivity contribution in [3.05, 3.63) is 54.1 Å². The van der Waals surface area contributed by atoms with Gasteiger partial charge in [-0.1, -0.05) is 18.2 Å². The lowest BCUT2D eigenvalue weighted by Gasteiger charge is -2.22. The lowest BCUT2D eigenvalue weighted by Crippen LogP contribution is -2.34. The minimum absolute atomic E-state index is 0.0616. The molecule has 6 nitrogen and oxygen atoms in total. The van der Waals surface area contributed by atoms with Crippen LogP contribution in [-0.4, -0.2) is 42.0 Å². The summed E-state index contributed by atoms with van der Waals surface area (Å²) in [6.45, 7) is 3.16. The number of benzene rings is 2. The first-order chi connectivity index (χ1) is 13.0. The number of hydrogen-bond donors (Lipinski definition) is 1. The summed E-state index contributed by atoms with van der Waals surface area (Å²) in [5, 5.41) is 9.89. The number of para-hydroxylation sites is 1. The highest BCUT2D eigenvalue weighted by atomic mass is 16.5. The molecule has 0 saturated carbocycles. The van der Waals surface area contributed by atoms with Crippen molar-refractivity contribution in [2.75, 3.05) is 25.1 Å². The molecule has 0 bridgehead atoms. The number of hydrogen-bond acceptors (Lipinski definition) is 4. The summed E-state index contributed by atoms with van der Waals surface area (Å²) in [4.78, 5) is 28.4. The number of amides is 2. The van der Waals surface area contributed by atoms with Crippen LogP contribution in [0.1, 0.15) is 18.9 Å². The molecule has 6 heteroatoms. The van der Waals surface area contributed by atoms with Crippen molar-refractivity contribution < 1.29 is 19.4 Å². The fraction of sp³-hybridized carbons (Fsp3) is 0.333. The molecule has 0 spiro atoms. The number of nitrogens with zero attached hydrogens (tertiary/aromatic N) is 2. The van der Waals surface area contributed by atoms with Gasteiger partial charge in [-0.2, -0.15) is 0 Å². The highest BCUT2D eigenvalue weighted by Crippen LogP contribution is 2.28. The van der Waals surface area contributed by atoms with E-state index in [2.05, 4.69) is 0 Å². The summed E-state index contributed by atoms with van der Waals surface area (Å²) < 4.78 is 5.42. The van der Waals surface area contributed by atoms with E-state index in [9.17, 15) is 14.7 Å². The van der Waals surface area contributed by atoms with Crippen LogP contribution in [0.2, 0.25) is 0 Å². The van der Waals surface area contributed by atoms with Crippen LogP contribution in [0.3, 0.4) is 0 Å². The number of ether oxygens (including phenoxy) is 1. The number of carbonyl (C=O) groups excluding carboxylic acids is 2. The predicted octanol–water partition coefficient (Wildman–Crippen LogP) is 2.80. The molecule has 1 saturated heterocycles. The molecule has 0 aromatic heterocycles. The van der Waals surface area contributed by atoms with Gasteiger partial charge in [0, 0.05) is 37.8 Å². The van der Waals surface area contributed by atoms with Crippen molar-refractivity contribution in [3.63, 3.8) is 0 Å². The molecule has 1 atom stereocenters. The molecule has 27 heavy (non-hydrogen) atoms. The molecule has 0 aliphatic carbocycles. The van der Waals surface area contributed by atoms with Gasteiger partial charge in [0.25, 0.3) is 0 Å². The van der Waals surface area contributed by atoms with Gasteiger partial charge >= 0.3 is 0 Å². The molecular weight excluding hydrogens is 344 g/mol. The summed E-state index contributed by atoms with van der Waals surface area (Å²) in [5.74, 6) is 0.368. The first-order valence-corrected chi connectivity index (χ1v) is 9.04. The third-order valence-electron chi connectivity index (χ3n) is 4.71. The average molecular weight is 368 g/mol. The second kappa shape index (κ2) is 8.12. The van der Waals surface area contributed by atoms with Gasteiger partial charge in [0.2, 0.25) is 11.8 Å². The summed E-state index contributed by atoms with van der Waals surface area (Å²) in [6.07, 6.45) is 0.192. The maximum atomic E-state index is 12.8. The average Bonchev–Trinajstić information content (AvgIpc) is 3.05. The van der Waals surface area contributed by atoms with Gasteiger partial charge in [0.05, 0.1) is 12.5 Å². The molecule has 1 aliphatic heterocycles. The Labute approximate surface area is 159 Å². The lowest BCUT2D eigenvalue weighted by atomic mass is 10.1. The van der Waals surface area contributed by atoms with Gasteiger partial charge in [0.15, 0.2) is 0 Å². The third-order valence-corrected chi connectivity index (χ3v) is 4.71. The number of rotatable bonds is 6. The summed E-state index contributed by atoms with van der Waals surface area (Å²) in [5.41, 5.74) is 1.45. The van der Waals surface area contributed by atoms with Crippen LogP contribution in [0.4, 0.5) is 5.69 Å². The van der Waals surface area contributed by atoms with Gasteiger partial charge in [0.1, 0.15) is 11.5 Å². The van der Waals surface area contributed by atoms with Crippen LogP contribution in [0.15, 0.2) is 48.5 Å². The maximum absolute atomic E-state index is 12.8. The number of phenolic OH excluding ortho intramolecular Hbond substituents is 1. The van der Waals surface area contributed by atoms with Crippen molar-refractivity contribution >= 4 is 17.5 Å². The minimum atomic E-state index is -0.389. The lowest BCUT2D eigenvalue weighted by molar-refractivity contribution is -0.135. The van der Waals surface area contributed by atoms with Gasteiger partial charge in [-0.15, -0.1) is 0 Å². The second-order valence-electron chi connectivity index (χ2n) is 6.66. The standard InChI is InChI=1S/C21H24N2O4/c1-3-27-18-10-8-17(9-11-18)23-14-16(12-20(23)25)21(26)22(2)13-15-6-4-5-7-19(15)24/h4-11,16,24H,3,12-14H2,1-2H3/t16-/m0/s1. The molecular formula is C21H24N2O4. The largest absolute Gasteiger partial charge is 0.508 e. The van der Waals surface area contributed by atoms with E-state index in [-0.39, 0.29) is 29.9 Å². The zero-order chi connectivity index (χ0) is 19.4. The number of carbonyl (C=O) groups is 2. The number of phenols is 1. The highest BCUT2D eigenvalue weighted by molar-refractivity contribution is 6.00. The van der Waals surface area contributed by atoms with Crippen molar-refractivity contribution in [3.8, 4) is 11.5 Å². The molecule has 1 heterocycles. The van der Waals surface area contributed by atoms with Gasteiger partial charge in [-0.3, -0.25) is 9.59 Å². The third kappa shape index (κ3) is 4.22. The van der Waals surface area contributed by atoms with Crippen LogP contribution in [0, 0.1) is 5.92 Å². The second-order valence-corrected chi connectivity index (χ2v) is 6.66. The minimum Gasteiger partial charge on any atom is -0.508 e. The van der Waals surface area contributed by atoms with E-state index in [1.165, 1.54) is 0 Å². The first kappa shape index (κ1) is 18.8. The molecule has 1 fully saturated rings. The van der Waals surface area contributed by atoms with Crippen molar-refractivity contribution in [2.45, 2.75) is 19.9 Å². The van der Waals surface area contributed by atoms with E-state index >= 15 is 0 Å². The van der Waals surface area contributed by atoms with Crippen molar-refractivity contribution in [1.29, 1.82) is 0 Å². The van der Waals surface area contributed by atoms with Crippen LogP contribution in [-0.2, 0) is 16.1 Å². The first-order valence-electron chi connectivity index (χ1n) is 9.04. The quantitative estimate of drug-likeness (QED) is 0.851. The number of aromatic hydroxyl groups is 1. The monoisotopic (exact) mass is 368 g/mol. The van der Waals surface area contributed by atoms with Crippen LogP contribution < -0.4 is 9.64 Å². The SMILES string of the molecule is CCOc1ccc(N2C[C@@H](C(=O)N(C)Cc3ccccc3O)CC2=O)cc1. The Morgan fingerprint density at radius 1 is 1.22 bits per heavy atom. The molecule has 2 amide bonds. The van der Waals surface area contributed by atoms with Gasteiger partial charge in [-0.25, -0.2) is 0 Å². The zero-order valence-corrected chi connectivity index (χ0v) is 15.6. The molecule has 0 radical (unpaired) electrons. The molecule has 3 rings (SSSR count). The topological polar surface area (TPSA) is 70.1 Å². The Balaban J connectivity index is 1.65. The van der Waals surface area contributed by atoms with Gasteiger partial charge < -0.3 is 19.6 Å². The Kier molecular flexibility index (Phi) is 5.64. The highest BCUT2D eigenvalue weighted by Gasteiger charge is 2.36. The van der Waals surface area contributed by atoms with E-state index < -0.39 is 0 Å². The van der Waals surface area contributed by atoms with E-state index in [0.717, 1.165) is 11.4 Å². The number of anilines is 1. The fourth-order valence-electron chi connectivity index (χ4n) is 3.30. The normalized spacial score (nSPS) is 16.4. The van der Waals surface area contributed by atoms with E-state index in [1.807, 2.05) is 37.3 Å². The van der Waals surface area contributed by atoms with E-state index in [0.29, 0.717) is 25.3 Å².